The van der Waals surface area contributed by atoms with Crippen LogP contribution in [0.5, 0.6) is 0 Å². The maximum Gasteiger partial charge on any atom is 0.410 e. The summed E-state index contributed by atoms with van der Waals surface area (Å²) in [6.07, 6.45) is 7.28. The van der Waals surface area contributed by atoms with E-state index in [1.165, 1.54) is 37.9 Å². The largest absolute Gasteiger partial charge is 0.444 e. The van der Waals surface area contributed by atoms with E-state index in [0.29, 0.717) is 38.0 Å². The maximum atomic E-state index is 13.6. The Balaban J connectivity index is 1.17. The quantitative estimate of drug-likeness (QED) is 0.596. The number of piperidine rings is 2. The second-order valence-electron chi connectivity index (χ2n) is 12.4. The van der Waals surface area contributed by atoms with E-state index in [9.17, 15) is 9.59 Å². The molecule has 0 bridgehead atoms. The first-order chi connectivity index (χ1) is 17.2. The van der Waals surface area contributed by atoms with Crippen LogP contribution in [0, 0.1) is 5.41 Å². The third-order valence-electron chi connectivity index (χ3n) is 8.90. The minimum absolute atomic E-state index is 0.222. The van der Waals surface area contributed by atoms with E-state index in [1.807, 2.05) is 25.7 Å². The molecule has 7 heteroatoms. The number of anilines is 2. The lowest BCUT2D eigenvalue weighted by Crippen LogP contribution is -2.48. The van der Waals surface area contributed by atoms with Crippen LogP contribution in [0.2, 0.25) is 0 Å². The number of benzene rings is 1. The second-order valence-corrected chi connectivity index (χ2v) is 12.4. The van der Waals surface area contributed by atoms with Gasteiger partial charge in [-0.25, -0.2) is 4.79 Å². The average Bonchev–Trinajstić information content (AvgIpc) is 3.45. The third-order valence-corrected chi connectivity index (χ3v) is 8.90. The molecule has 7 nitrogen and oxygen atoms in total. The Labute approximate surface area is 216 Å². The van der Waals surface area contributed by atoms with E-state index in [2.05, 4.69) is 41.0 Å². The van der Waals surface area contributed by atoms with Crippen molar-refractivity contribution in [2.45, 2.75) is 90.3 Å². The highest BCUT2D eigenvalue weighted by atomic mass is 16.6. The lowest BCUT2D eigenvalue weighted by molar-refractivity contribution is -0.128. The molecule has 1 aromatic carbocycles. The highest BCUT2D eigenvalue weighted by Crippen LogP contribution is 2.43. The van der Waals surface area contributed by atoms with Gasteiger partial charge in [0, 0.05) is 56.2 Å². The fourth-order valence-electron chi connectivity index (χ4n) is 6.73. The molecule has 4 fully saturated rings. The predicted molar refractivity (Wildman–Crippen MR) is 144 cm³/mol. The molecular weight excluding hydrogens is 452 g/mol. The summed E-state index contributed by atoms with van der Waals surface area (Å²) >= 11 is 0. The van der Waals surface area contributed by atoms with Gasteiger partial charge in [-0.3, -0.25) is 9.69 Å². The van der Waals surface area contributed by atoms with Crippen molar-refractivity contribution in [1.82, 2.24) is 9.80 Å². The van der Waals surface area contributed by atoms with E-state index in [0.717, 1.165) is 31.7 Å². The fourth-order valence-corrected chi connectivity index (χ4v) is 6.73. The fraction of sp³-hybridized carbons (Fsp3) is 0.724. The number of likely N-dealkylation sites (tertiary alicyclic amines) is 2. The van der Waals surface area contributed by atoms with Crippen LogP contribution in [0.25, 0.3) is 0 Å². The zero-order valence-corrected chi connectivity index (χ0v) is 22.7. The predicted octanol–water partition coefficient (Wildman–Crippen LogP) is 4.89. The van der Waals surface area contributed by atoms with Gasteiger partial charge in [-0.05, 0) is 97.0 Å². The molecule has 2 atom stereocenters. The Hall–Kier alpha value is -2.28. The molecule has 198 valence electrons. The molecule has 0 N–H and O–H groups in total. The van der Waals surface area contributed by atoms with Gasteiger partial charge >= 0.3 is 6.09 Å². The van der Waals surface area contributed by atoms with Gasteiger partial charge in [0.05, 0.1) is 5.41 Å². The van der Waals surface area contributed by atoms with Crippen LogP contribution in [0.3, 0.4) is 0 Å². The van der Waals surface area contributed by atoms with Gasteiger partial charge in [0.1, 0.15) is 5.60 Å². The Morgan fingerprint density at radius 2 is 1.58 bits per heavy atom. The minimum atomic E-state index is -0.500. The highest BCUT2D eigenvalue weighted by Gasteiger charge is 2.49. The van der Waals surface area contributed by atoms with Crippen molar-refractivity contribution in [2.24, 2.45) is 5.41 Å². The van der Waals surface area contributed by atoms with Crippen LogP contribution in [0.1, 0.15) is 72.6 Å². The number of carbonyl (C=O) groups is 2. The molecule has 0 saturated carbocycles. The number of nitrogens with zero attached hydrogens (tertiary/aromatic N) is 4. The SMILES string of the molecule is CC1CCCCN1C1CCN(c2ccc(N3CCC4(CCN(C(=O)OC(C)(C)C)CC4)C3=O)cc2)C1. The van der Waals surface area contributed by atoms with Crippen molar-refractivity contribution >= 4 is 23.4 Å². The van der Waals surface area contributed by atoms with E-state index >= 15 is 0 Å². The summed E-state index contributed by atoms with van der Waals surface area (Å²) in [4.78, 5) is 35.0. The summed E-state index contributed by atoms with van der Waals surface area (Å²) in [5.41, 5.74) is 1.42. The molecule has 2 unspecified atom stereocenters. The standard InChI is InChI=1S/C29H44N4O3/c1-22-7-5-6-16-32(22)25-12-17-31(21-25)23-8-10-24(11-9-23)33-20-15-29(26(33)34)13-18-30(19-14-29)27(35)36-28(2,3)4/h8-11,22,25H,5-7,12-21H2,1-4H3. The highest BCUT2D eigenvalue weighted by molar-refractivity contribution is 6.00. The van der Waals surface area contributed by atoms with Gasteiger partial charge in [0.15, 0.2) is 0 Å². The number of rotatable bonds is 3. The first-order valence-electron chi connectivity index (χ1n) is 14.1. The summed E-state index contributed by atoms with van der Waals surface area (Å²) in [5, 5.41) is 0. The molecule has 36 heavy (non-hydrogen) atoms. The topological polar surface area (TPSA) is 56.3 Å². The van der Waals surface area contributed by atoms with Crippen LogP contribution in [0.15, 0.2) is 24.3 Å². The van der Waals surface area contributed by atoms with Gasteiger partial charge < -0.3 is 19.4 Å². The molecular formula is C29H44N4O3. The molecule has 1 aromatic rings. The lowest BCUT2D eigenvalue weighted by Gasteiger charge is -2.38. The Bertz CT molecular complexity index is 948. The van der Waals surface area contributed by atoms with Gasteiger partial charge in [-0.15, -0.1) is 0 Å². The monoisotopic (exact) mass is 496 g/mol. The average molecular weight is 497 g/mol. The maximum absolute atomic E-state index is 13.6. The summed E-state index contributed by atoms with van der Waals surface area (Å²) in [5.74, 6) is 0.222. The zero-order chi connectivity index (χ0) is 25.5. The number of hydrogen-bond donors (Lipinski definition) is 0. The minimum Gasteiger partial charge on any atom is -0.444 e. The van der Waals surface area contributed by atoms with Crippen LogP contribution >= 0.6 is 0 Å². The molecule has 2 amide bonds. The van der Waals surface area contributed by atoms with Gasteiger partial charge in [0.25, 0.3) is 0 Å². The number of ether oxygens (including phenoxy) is 1. The molecule has 0 radical (unpaired) electrons. The normalized spacial score (nSPS) is 27.2. The van der Waals surface area contributed by atoms with E-state index < -0.39 is 5.60 Å². The first kappa shape index (κ1) is 25.4. The van der Waals surface area contributed by atoms with Crippen molar-refractivity contribution in [3.05, 3.63) is 24.3 Å². The Kier molecular flexibility index (Phi) is 6.96. The van der Waals surface area contributed by atoms with Gasteiger partial charge in [-0.1, -0.05) is 6.42 Å². The Morgan fingerprint density at radius 1 is 0.917 bits per heavy atom. The van der Waals surface area contributed by atoms with E-state index in [4.69, 9.17) is 4.74 Å². The van der Waals surface area contributed by atoms with E-state index in [-0.39, 0.29) is 17.4 Å². The molecule has 5 rings (SSSR count). The van der Waals surface area contributed by atoms with Crippen LogP contribution in [0.4, 0.5) is 16.2 Å². The second kappa shape index (κ2) is 9.88. The van der Waals surface area contributed by atoms with Crippen molar-refractivity contribution in [3.63, 3.8) is 0 Å². The van der Waals surface area contributed by atoms with Crippen molar-refractivity contribution in [1.29, 1.82) is 0 Å². The van der Waals surface area contributed by atoms with Gasteiger partial charge in [0.2, 0.25) is 5.91 Å². The third kappa shape index (κ3) is 5.09. The molecule has 0 aromatic heterocycles. The molecule has 4 heterocycles. The van der Waals surface area contributed by atoms with Crippen molar-refractivity contribution in [3.8, 4) is 0 Å². The molecule has 4 saturated heterocycles. The molecule has 0 aliphatic carbocycles. The molecule has 4 aliphatic rings. The summed E-state index contributed by atoms with van der Waals surface area (Å²) in [6, 6.07) is 10.0. The molecule has 4 aliphatic heterocycles. The molecule has 1 spiro atoms. The zero-order valence-electron chi connectivity index (χ0n) is 22.7. The number of amides is 2. The van der Waals surface area contributed by atoms with Crippen LogP contribution < -0.4 is 9.80 Å². The lowest BCUT2D eigenvalue weighted by atomic mass is 9.77. The Morgan fingerprint density at radius 3 is 2.25 bits per heavy atom. The van der Waals surface area contributed by atoms with Crippen molar-refractivity contribution < 1.29 is 14.3 Å². The summed E-state index contributed by atoms with van der Waals surface area (Å²) in [7, 11) is 0. The number of carbonyl (C=O) groups excluding carboxylic acids is 2. The van der Waals surface area contributed by atoms with Crippen LogP contribution in [-0.2, 0) is 9.53 Å². The van der Waals surface area contributed by atoms with Crippen molar-refractivity contribution in [2.75, 3.05) is 49.1 Å². The summed E-state index contributed by atoms with van der Waals surface area (Å²) < 4.78 is 5.53. The smallest absolute Gasteiger partial charge is 0.410 e. The van der Waals surface area contributed by atoms with Gasteiger partial charge in [-0.2, -0.15) is 0 Å². The van der Waals surface area contributed by atoms with Crippen LogP contribution in [-0.4, -0.2) is 78.8 Å². The number of hydrogen-bond acceptors (Lipinski definition) is 5. The first-order valence-corrected chi connectivity index (χ1v) is 14.1. The summed E-state index contributed by atoms with van der Waals surface area (Å²) in [6.45, 7) is 13.4. The van der Waals surface area contributed by atoms with E-state index in [1.54, 1.807) is 4.90 Å².